The van der Waals surface area contributed by atoms with E-state index in [1.807, 2.05) is 5.38 Å². The smallest absolute Gasteiger partial charge is 0.252 e. The lowest BCUT2D eigenvalue weighted by molar-refractivity contribution is 0.0944. The number of sulfonamides is 1. The molecule has 6 nitrogen and oxygen atoms in total. The average Bonchev–Trinajstić information content (AvgIpc) is 3.25. The number of nitriles is 1. The highest BCUT2D eigenvalue weighted by molar-refractivity contribution is 7.89. The zero-order valence-corrected chi connectivity index (χ0v) is 16.9. The van der Waals surface area contributed by atoms with Crippen LogP contribution in [0.15, 0.2) is 64.9 Å². The van der Waals surface area contributed by atoms with Crippen molar-refractivity contribution in [3.63, 3.8) is 0 Å². The highest BCUT2D eigenvalue weighted by Crippen LogP contribution is 2.19. The van der Waals surface area contributed by atoms with Crippen LogP contribution in [0.3, 0.4) is 0 Å². The van der Waals surface area contributed by atoms with Gasteiger partial charge in [0.05, 0.1) is 11.0 Å². The van der Waals surface area contributed by atoms with Crippen molar-refractivity contribution >= 4 is 27.3 Å². The van der Waals surface area contributed by atoms with Gasteiger partial charge in [0.25, 0.3) is 5.91 Å². The van der Waals surface area contributed by atoms with E-state index in [1.54, 1.807) is 18.2 Å². The molecule has 2 aromatic carbocycles. The van der Waals surface area contributed by atoms with E-state index in [0.29, 0.717) is 6.07 Å². The zero-order valence-electron chi connectivity index (χ0n) is 15.3. The number of benzene rings is 2. The molecule has 154 valence electrons. The lowest BCUT2D eigenvalue weighted by Crippen LogP contribution is -2.29. The third kappa shape index (κ3) is 5.07. The molecule has 0 aliphatic carbocycles. The Bertz CT molecular complexity index is 1210. The molecule has 2 N–H and O–H groups in total. The molecule has 3 aromatic rings. The Labute approximate surface area is 175 Å². The maximum atomic E-state index is 13.9. The summed E-state index contributed by atoms with van der Waals surface area (Å²) >= 11 is 1.40. The maximum Gasteiger partial charge on any atom is 0.252 e. The summed E-state index contributed by atoms with van der Waals surface area (Å²) in [5, 5.41) is 13.4. The van der Waals surface area contributed by atoms with Gasteiger partial charge in [-0.05, 0) is 35.7 Å². The van der Waals surface area contributed by atoms with E-state index in [1.165, 1.54) is 29.5 Å². The topological polar surface area (TPSA) is 99.1 Å². The molecular weight excluding hydrogens is 432 g/mol. The van der Waals surface area contributed by atoms with Gasteiger partial charge in [-0.25, -0.2) is 21.9 Å². The van der Waals surface area contributed by atoms with Crippen LogP contribution in [0.1, 0.15) is 26.8 Å². The number of thiophene rings is 1. The first kappa shape index (κ1) is 21.6. The molecule has 0 aliphatic heterocycles. The van der Waals surface area contributed by atoms with Gasteiger partial charge in [0.15, 0.2) is 0 Å². The van der Waals surface area contributed by atoms with Crippen molar-refractivity contribution in [2.75, 3.05) is 0 Å². The summed E-state index contributed by atoms with van der Waals surface area (Å²) in [5.41, 5.74) is -0.231. The van der Waals surface area contributed by atoms with Gasteiger partial charge < -0.3 is 5.32 Å². The molecule has 0 bridgehead atoms. The summed E-state index contributed by atoms with van der Waals surface area (Å²) in [5.74, 6) is -2.57. The number of nitrogens with one attached hydrogen (secondary N) is 2. The second-order valence-electron chi connectivity index (χ2n) is 6.13. The van der Waals surface area contributed by atoms with E-state index in [0.717, 1.165) is 23.1 Å². The molecule has 30 heavy (non-hydrogen) atoms. The number of halogens is 2. The molecule has 0 saturated heterocycles. The molecular formula is C20H15F2N3O3S2. The second kappa shape index (κ2) is 9.13. The summed E-state index contributed by atoms with van der Waals surface area (Å²) < 4.78 is 54.5. The van der Waals surface area contributed by atoms with Crippen LogP contribution in [-0.2, 0) is 16.6 Å². The molecule has 0 fully saturated rings. The Balaban J connectivity index is 1.77. The van der Waals surface area contributed by atoms with Crippen molar-refractivity contribution in [2.24, 2.45) is 0 Å². The zero-order chi connectivity index (χ0) is 21.7. The van der Waals surface area contributed by atoms with Crippen LogP contribution in [0, 0.1) is 23.0 Å². The molecule has 0 spiro atoms. The average molecular weight is 447 g/mol. The predicted molar refractivity (Wildman–Crippen MR) is 107 cm³/mol. The van der Waals surface area contributed by atoms with E-state index in [2.05, 4.69) is 10.0 Å². The highest BCUT2D eigenvalue weighted by atomic mass is 32.2. The summed E-state index contributed by atoms with van der Waals surface area (Å²) in [6, 6.07) is 11.8. The molecule has 1 atom stereocenters. The van der Waals surface area contributed by atoms with Crippen molar-refractivity contribution in [2.45, 2.75) is 17.5 Å². The monoisotopic (exact) mass is 447 g/mol. The number of hydrogen-bond donors (Lipinski definition) is 2. The van der Waals surface area contributed by atoms with Gasteiger partial charge in [0, 0.05) is 28.6 Å². The first-order valence-electron chi connectivity index (χ1n) is 8.57. The van der Waals surface area contributed by atoms with Crippen molar-refractivity contribution in [1.82, 2.24) is 10.0 Å². The van der Waals surface area contributed by atoms with Crippen LogP contribution in [0.2, 0.25) is 0 Å². The van der Waals surface area contributed by atoms with E-state index < -0.39 is 33.6 Å². The van der Waals surface area contributed by atoms with Crippen molar-refractivity contribution < 1.29 is 22.0 Å². The van der Waals surface area contributed by atoms with Crippen LogP contribution in [-0.4, -0.2) is 14.3 Å². The number of rotatable bonds is 7. The van der Waals surface area contributed by atoms with Crippen LogP contribution >= 0.6 is 11.3 Å². The fourth-order valence-electron chi connectivity index (χ4n) is 2.60. The van der Waals surface area contributed by atoms with E-state index in [9.17, 15) is 27.3 Å². The Morgan fingerprint density at radius 2 is 1.93 bits per heavy atom. The lowest BCUT2D eigenvalue weighted by atomic mass is 10.1. The summed E-state index contributed by atoms with van der Waals surface area (Å²) in [6.07, 6.45) is 0. The number of hydrogen-bond acceptors (Lipinski definition) is 5. The minimum atomic E-state index is -3.88. The van der Waals surface area contributed by atoms with Gasteiger partial charge in [-0.1, -0.05) is 18.2 Å². The third-order valence-corrected chi connectivity index (χ3v) is 6.38. The molecule has 1 amide bonds. The largest absolute Gasteiger partial charge is 0.332 e. The van der Waals surface area contributed by atoms with Crippen LogP contribution < -0.4 is 10.0 Å². The minimum Gasteiger partial charge on any atom is -0.332 e. The number of nitrogens with zero attached hydrogens (tertiary/aromatic N) is 1. The van der Waals surface area contributed by atoms with Crippen molar-refractivity contribution in [3.8, 4) is 6.07 Å². The SMILES string of the molecule is N#CC(NC(=O)c1cccc(S(=O)(=O)NCc2cccs2)c1)c1ccc(F)cc1F. The fraction of sp³-hybridized carbons (Fsp3) is 0.100. The van der Waals surface area contributed by atoms with Crippen molar-refractivity contribution in [1.29, 1.82) is 5.26 Å². The second-order valence-corrected chi connectivity index (χ2v) is 8.93. The predicted octanol–water partition coefficient (Wildman–Crippen LogP) is 3.50. The first-order chi connectivity index (χ1) is 14.3. The first-order valence-corrected chi connectivity index (χ1v) is 10.9. The molecule has 0 radical (unpaired) electrons. The molecule has 1 unspecified atom stereocenters. The number of carbonyl (C=O) groups is 1. The number of carbonyl (C=O) groups excluding carboxylic acids is 1. The summed E-state index contributed by atoms with van der Waals surface area (Å²) in [6.45, 7) is 0.108. The van der Waals surface area contributed by atoms with Crippen LogP contribution in [0.4, 0.5) is 8.78 Å². The fourth-order valence-corrected chi connectivity index (χ4v) is 4.38. The Hall–Kier alpha value is -3.13. The molecule has 0 aliphatic rings. The molecule has 3 rings (SSSR count). The van der Waals surface area contributed by atoms with Gasteiger partial charge in [0.1, 0.15) is 17.7 Å². The standard InChI is InChI=1S/C20H15F2N3O3S2/c21-14-6-7-17(18(22)10-14)19(11-23)25-20(26)13-3-1-5-16(9-13)30(27,28)24-12-15-4-2-8-29-15/h1-10,19,24H,12H2,(H,25,26). The molecule has 1 aromatic heterocycles. The lowest BCUT2D eigenvalue weighted by Gasteiger charge is -2.13. The van der Waals surface area contributed by atoms with Crippen molar-refractivity contribution in [3.05, 3.63) is 87.6 Å². The van der Waals surface area contributed by atoms with E-state index in [4.69, 9.17) is 0 Å². The molecule has 10 heteroatoms. The van der Waals surface area contributed by atoms with E-state index in [-0.39, 0.29) is 22.6 Å². The van der Waals surface area contributed by atoms with Gasteiger partial charge >= 0.3 is 0 Å². The van der Waals surface area contributed by atoms with Gasteiger partial charge in [-0.15, -0.1) is 11.3 Å². The quantitative estimate of drug-likeness (QED) is 0.579. The number of amides is 1. The Morgan fingerprint density at radius 1 is 1.13 bits per heavy atom. The van der Waals surface area contributed by atoms with Crippen LogP contribution in [0.25, 0.3) is 0 Å². The summed E-state index contributed by atoms with van der Waals surface area (Å²) in [4.78, 5) is 13.2. The van der Waals surface area contributed by atoms with Gasteiger partial charge in [-0.2, -0.15) is 5.26 Å². The Kier molecular flexibility index (Phi) is 6.56. The molecule has 1 heterocycles. The third-order valence-electron chi connectivity index (χ3n) is 4.10. The van der Waals surface area contributed by atoms with Gasteiger partial charge in [0.2, 0.25) is 10.0 Å². The van der Waals surface area contributed by atoms with Crippen LogP contribution in [0.5, 0.6) is 0 Å². The minimum absolute atomic E-state index is 0.0308. The normalized spacial score (nSPS) is 12.2. The van der Waals surface area contributed by atoms with E-state index >= 15 is 0 Å². The molecule has 0 saturated carbocycles. The Morgan fingerprint density at radius 3 is 2.60 bits per heavy atom. The highest BCUT2D eigenvalue weighted by Gasteiger charge is 2.21. The summed E-state index contributed by atoms with van der Waals surface area (Å²) in [7, 11) is -3.88. The maximum absolute atomic E-state index is 13.9. The van der Waals surface area contributed by atoms with Gasteiger partial charge in [-0.3, -0.25) is 4.79 Å².